The summed E-state index contributed by atoms with van der Waals surface area (Å²) in [5.74, 6) is 1.59. The fraction of sp³-hybridized carbons (Fsp3) is 0.200. The van der Waals surface area contributed by atoms with Gasteiger partial charge in [-0.05, 0) is 24.6 Å². The third-order valence-electron chi connectivity index (χ3n) is 4.25. The minimum Gasteiger partial charge on any atom is -0.308 e. The number of ketones is 1. The summed E-state index contributed by atoms with van der Waals surface area (Å²) in [5.41, 5.74) is 2.80. The summed E-state index contributed by atoms with van der Waals surface area (Å²) in [6.07, 6.45) is 4.65. The molecule has 0 aliphatic carbocycles. The van der Waals surface area contributed by atoms with Gasteiger partial charge in [0.25, 0.3) is 0 Å². The molecule has 0 aliphatic heterocycles. The van der Waals surface area contributed by atoms with Crippen molar-refractivity contribution in [2.45, 2.75) is 36.6 Å². The smallest absolute Gasteiger partial charge is 0.215 e. The van der Waals surface area contributed by atoms with Crippen LogP contribution in [0.5, 0.6) is 0 Å². The van der Waals surface area contributed by atoms with Gasteiger partial charge in [0.1, 0.15) is 16.5 Å². The highest BCUT2D eigenvalue weighted by molar-refractivity contribution is 7.99. The van der Waals surface area contributed by atoms with Crippen molar-refractivity contribution in [3.8, 4) is 0 Å². The topological polar surface area (TPSA) is 88.0 Å². The number of aromatic nitrogens is 5. The van der Waals surface area contributed by atoms with Crippen LogP contribution in [0.25, 0.3) is 5.65 Å². The van der Waals surface area contributed by atoms with Crippen molar-refractivity contribution in [1.29, 1.82) is 0 Å². The van der Waals surface area contributed by atoms with Gasteiger partial charge in [-0.2, -0.15) is 5.10 Å². The van der Waals surface area contributed by atoms with Gasteiger partial charge in [-0.1, -0.05) is 30.8 Å². The van der Waals surface area contributed by atoms with Crippen LogP contribution < -0.4 is 5.32 Å². The summed E-state index contributed by atoms with van der Waals surface area (Å²) in [6, 6.07) is 11.9. The van der Waals surface area contributed by atoms with Crippen LogP contribution in [0.4, 0.5) is 11.8 Å². The van der Waals surface area contributed by atoms with Gasteiger partial charge in [0.15, 0.2) is 5.82 Å². The Balaban J connectivity index is 1.57. The largest absolute Gasteiger partial charge is 0.308 e. The molecule has 2 N–H and O–H groups in total. The van der Waals surface area contributed by atoms with Crippen molar-refractivity contribution in [2.24, 2.45) is 0 Å². The molecule has 1 aromatic carbocycles. The number of aryl methyl sites for hydroxylation is 1. The molecule has 0 saturated carbocycles. The molecule has 3 heterocycles. The van der Waals surface area contributed by atoms with Crippen LogP contribution in [0, 0.1) is 6.92 Å². The number of carbonyl (C=O) groups excluding carboxylic acids is 1. The molecule has 0 saturated heterocycles. The molecular weight excluding hydrogens is 372 g/mol. The van der Waals surface area contributed by atoms with Crippen molar-refractivity contribution in [3.05, 3.63) is 60.0 Å². The summed E-state index contributed by atoms with van der Waals surface area (Å²) >= 11 is 1.55. The normalized spacial score (nSPS) is 11.1. The molecule has 0 spiro atoms. The number of imidazole rings is 1. The number of fused-ring (bicyclic) bond motifs is 1. The Bertz CT molecular complexity index is 1120. The average molecular weight is 392 g/mol. The number of nitrogens with zero attached hydrogens (tertiary/aromatic N) is 4. The number of aromatic amines is 1. The highest BCUT2D eigenvalue weighted by atomic mass is 32.2. The first kappa shape index (κ1) is 18.2. The predicted molar refractivity (Wildman–Crippen MR) is 109 cm³/mol. The van der Waals surface area contributed by atoms with E-state index in [2.05, 4.69) is 20.5 Å². The Morgan fingerprint density at radius 2 is 2.07 bits per heavy atom. The monoisotopic (exact) mass is 392 g/mol. The maximum Gasteiger partial charge on any atom is 0.215 e. The van der Waals surface area contributed by atoms with Crippen molar-refractivity contribution in [2.75, 3.05) is 5.32 Å². The number of benzene rings is 1. The van der Waals surface area contributed by atoms with Crippen LogP contribution in [0.15, 0.2) is 58.7 Å². The van der Waals surface area contributed by atoms with E-state index < -0.39 is 0 Å². The Morgan fingerprint density at radius 1 is 1.25 bits per heavy atom. The van der Waals surface area contributed by atoms with Gasteiger partial charge in [-0.3, -0.25) is 14.3 Å². The molecule has 7 nitrogen and oxygen atoms in total. The summed E-state index contributed by atoms with van der Waals surface area (Å²) in [4.78, 5) is 21.8. The van der Waals surface area contributed by atoms with Crippen molar-refractivity contribution in [1.82, 2.24) is 24.6 Å². The van der Waals surface area contributed by atoms with Gasteiger partial charge in [0.2, 0.25) is 5.95 Å². The van der Waals surface area contributed by atoms with Crippen LogP contribution in [0.3, 0.4) is 0 Å². The molecule has 0 atom stereocenters. The number of hydrogen-bond donors (Lipinski definition) is 2. The van der Waals surface area contributed by atoms with Crippen LogP contribution in [-0.4, -0.2) is 30.3 Å². The molecule has 142 valence electrons. The molecule has 28 heavy (non-hydrogen) atoms. The first-order chi connectivity index (χ1) is 13.6. The van der Waals surface area contributed by atoms with E-state index in [-0.39, 0.29) is 5.78 Å². The minimum atomic E-state index is 0.246. The molecule has 0 unspecified atom stereocenters. The van der Waals surface area contributed by atoms with Crippen molar-refractivity contribution in [3.63, 3.8) is 0 Å². The number of hydrogen-bond acceptors (Lipinski definition) is 6. The predicted octanol–water partition coefficient (Wildman–Crippen LogP) is 4.18. The SMILES string of the molecule is CCC(=O)Cc1ccc(Sc2cc3nccn3c(Nc3cc(C)[nH]n3)n2)cc1. The lowest BCUT2D eigenvalue weighted by Gasteiger charge is -2.09. The fourth-order valence-electron chi connectivity index (χ4n) is 2.79. The highest BCUT2D eigenvalue weighted by Gasteiger charge is 2.10. The van der Waals surface area contributed by atoms with Crippen LogP contribution in [-0.2, 0) is 11.2 Å². The lowest BCUT2D eigenvalue weighted by atomic mass is 10.1. The lowest BCUT2D eigenvalue weighted by Crippen LogP contribution is -2.02. The molecule has 4 rings (SSSR count). The lowest BCUT2D eigenvalue weighted by molar-refractivity contribution is -0.118. The Hall–Kier alpha value is -3.13. The molecule has 0 fully saturated rings. The number of carbonyl (C=O) groups is 1. The van der Waals surface area contributed by atoms with Crippen molar-refractivity contribution < 1.29 is 4.79 Å². The van der Waals surface area contributed by atoms with Gasteiger partial charge < -0.3 is 5.32 Å². The Kier molecular flexibility index (Phi) is 5.12. The number of nitrogens with one attached hydrogen (secondary N) is 2. The number of Topliss-reactive ketones (excluding diaryl/α,β-unsaturated/α-hetero) is 1. The molecule has 0 bridgehead atoms. The van der Waals surface area contributed by atoms with E-state index in [9.17, 15) is 4.79 Å². The molecule has 0 aliphatic rings. The first-order valence-corrected chi connectivity index (χ1v) is 9.84. The second kappa shape index (κ2) is 7.85. The summed E-state index contributed by atoms with van der Waals surface area (Å²) in [7, 11) is 0. The zero-order valence-electron chi connectivity index (χ0n) is 15.6. The molecule has 0 radical (unpaired) electrons. The molecule has 4 aromatic rings. The molecule has 8 heteroatoms. The summed E-state index contributed by atoms with van der Waals surface area (Å²) in [6.45, 7) is 3.84. The third-order valence-corrected chi connectivity index (χ3v) is 5.18. The maximum atomic E-state index is 11.6. The van der Waals surface area contributed by atoms with Crippen LogP contribution >= 0.6 is 11.8 Å². The van der Waals surface area contributed by atoms with E-state index in [1.807, 2.05) is 60.8 Å². The molecule has 0 amide bonds. The standard InChI is InChI=1S/C20H20N6OS/c1-3-15(27)11-14-4-6-16(7-5-14)28-19-12-18-21-8-9-26(18)20(23-19)22-17-10-13(2)24-25-17/h4-10,12H,3,11H2,1-2H3,(H2,22,23,24,25). The van der Waals surface area contributed by atoms with E-state index in [0.29, 0.717) is 24.6 Å². The average Bonchev–Trinajstić information content (AvgIpc) is 3.32. The minimum absolute atomic E-state index is 0.246. The number of anilines is 2. The van der Waals surface area contributed by atoms with Gasteiger partial charge in [-0.15, -0.1) is 0 Å². The second-order valence-electron chi connectivity index (χ2n) is 6.45. The summed E-state index contributed by atoms with van der Waals surface area (Å²) < 4.78 is 1.88. The van der Waals surface area contributed by atoms with Gasteiger partial charge >= 0.3 is 0 Å². The van der Waals surface area contributed by atoms with Gasteiger partial charge in [-0.25, -0.2) is 9.97 Å². The van der Waals surface area contributed by atoms with Crippen LogP contribution in [0.1, 0.15) is 24.6 Å². The van der Waals surface area contributed by atoms with E-state index in [1.165, 1.54) is 0 Å². The van der Waals surface area contributed by atoms with E-state index in [4.69, 9.17) is 4.98 Å². The first-order valence-electron chi connectivity index (χ1n) is 9.02. The molecular formula is C20H20N6OS. The fourth-order valence-corrected chi connectivity index (χ4v) is 3.60. The quantitative estimate of drug-likeness (QED) is 0.459. The zero-order chi connectivity index (χ0) is 19.5. The highest BCUT2D eigenvalue weighted by Crippen LogP contribution is 2.29. The second-order valence-corrected chi connectivity index (χ2v) is 7.54. The van der Waals surface area contributed by atoms with Gasteiger partial charge in [0, 0.05) is 48.0 Å². The molecule has 3 aromatic heterocycles. The van der Waals surface area contributed by atoms with Crippen LogP contribution in [0.2, 0.25) is 0 Å². The maximum absolute atomic E-state index is 11.6. The van der Waals surface area contributed by atoms with E-state index in [0.717, 1.165) is 26.8 Å². The number of H-pyrrole nitrogens is 1. The Morgan fingerprint density at radius 3 is 2.79 bits per heavy atom. The number of rotatable bonds is 7. The summed E-state index contributed by atoms with van der Waals surface area (Å²) in [5, 5.41) is 11.2. The van der Waals surface area contributed by atoms with Gasteiger partial charge in [0.05, 0.1) is 0 Å². The van der Waals surface area contributed by atoms with E-state index in [1.54, 1.807) is 18.0 Å². The zero-order valence-corrected chi connectivity index (χ0v) is 16.5. The van der Waals surface area contributed by atoms with E-state index >= 15 is 0 Å². The third kappa shape index (κ3) is 4.07. The van der Waals surface area contributed by atoms with Crippen molar-refractivity contribution >= 4 is 35.0 Å². The Labute approximate surface area is 166 Å².